The van der Waals surface area contributed by atoms with Crippen molar-refractivity contribution in [3.05, 3.63) is 69.9 Å². The highest BCUT2D eigenvalue weighted by Gasteiger charge is 2.14. The molecule has 0 radical (unpaired) electrons. The molecule has 1 amide bonds. The minimum absolute atomic E-state index is 0.0553. The lowest BCUT2D eigenvalue weighted by Gasteiger charge is -2.17. The van der Waals surface area contributed by atoms with Crippen molar-refractivity contribution in [1.29, 1.82) is 0 Å². The molecular weight excluding hydrogens is 333 g/mol. The lowest BCUT2D eigenvalue weighted by atomic mass is 10.0. The maximum absolute atomic E-state index is 13.6. The SMILES string of the molecule is CC[C@@H](NC(=O)Cc1ccccc1F)c1ccc(Br)cc1. The highest BCUT2D eigenvalue weighted by molar-refractivity contribution is 9.10. The van der Waals surface area contributed by atoms with Crippen LogP contribution in [0.25, 0.3) is 0 Å². The number of benzene rings is 2. The van der Waals surface area contributed by atoms with Crippen molar-refractivity contribution >= 4 is 21.8 Å². The highest BCUT2D eigenvalue weighted by atomic mass is 79.9. The van der Waals surface area contributed by atoms with Gasteiger partial charge >= 0.3 is 0 Å². The number of nitrogens with one attached hydrogen (secondary N) is 1. The first-order valence-electron chi connectivity index (χ1n) is 6.88. The molecule has 0 aliphatic heterocycles. The first-order chi connectivity index (χ1) is 10.1. The van der Waals surface area contributed by atoms with Crippen LogP contribution < -0.4 is 5.32 Å². The fourth-order valence-electron chi connectivity index (χ4n) is 2.18. The maximum atomic E-state index is 13.6. The van der Waals surface area contributed by atoms with Gasteiger partial charge < -0.3 is 5.32 Å². The highest BCUT2D eigenvalue weighted by Crippen LogP contribution is 2.19. The molecule has 0 aromatic heterocycles. The third-order valence-electron chi connectivity index (χ3n) is 3.32. The van der Waals surface area contributed by atoms with Crippen LogP contribution >= 0.6 is 15.9 Å². The Hall–Kier alpha value is -1.68. The molecule has 0 saturated carbocycles. The Morgan fingerprint density at radius 2 is 1.86 bits per heavy atom. The summed E-state index contributed by atoms with van der Waals surface area (Å²) in [5, 5.41) is 2.96. The molecule has 0 fully saturated rings. The summed E-state index contributed by atoms with van der Waals surface area (Å²) in [4.78, 5) is 12.1. The van der Waals surface area contributed by atoms with E-state index >= 15 is 0 Å². The van der Waals surface area contributed by atoms with Gasteiger partial charge in [-0.3, -0.25) is 4.79 Å². The van der Waals surface area contributed by atoms with Gasteiger partial charge in [-0.2, -0.15) is 0 Å². The Morgan fingerprint density at radius 3 is 2.48 bits per heavy atom. The van der Waals surface area contributed by atoms with Gasteiger partial charge in [0.1, 0.15) is 5.82 Å². The minimum Gasteiger partial charge on any atom is -0.349 e. The van der Waals surface area contributed by atoms with Gasteiger partial charge in [0.25, 0.3) is 0 Å². The molecule has 0 aliphatic rings. The van der Waals surface area contributed by atoms with E-state index in [-0.39, 0.29) is 24.2 Å². The number of halogens is 2. The first-order valence-corrected chi connectivity index (χ1v) is 7.67. The summed E-state index contributed by atoms with van der Waals surface area (Å²) in [7, 11) is 0. The van der Waals surface area contributed by atoms with Gasteiger partial charge in [-0.15, -0.1) is 0 Å². The zero-order valence-corrected chi connectivity index (χ0v) is 13.4. The molecule has 0 bridgehead atoms. The van der Waals surface area contributed by atoms with E-state index in [4.69, 9.17) is 0 Å². The van der Waals surface area contributed by atoms with Crippen LogP contribution in [0.2, 0.25) is 0 Å². The Morgan fingerprint density at radius 1 is 1.19 bits per heavy atom. The van der Waals surface area contributed by atoms with E-state index in [0.29, 0.717) is 5.56 Å². The van der Waals surface area contributed by atoms with Gasteiger partial charge in [-0.25, -0.2) is 4.39 Å². The van der Waals surface area contributed by atoms with Crippen molar-refractivity contribution in [2.75, 3.05) is 0 Å². The van der Waals surface area contributed by atoms with Gasteiger partial charge in [-0.05, 0) is 35.7 Å². The van der Waals surface area contributed by atoms with Crippen LogP contribution in [0.4, 0.5) is 4.39 Å². The minimum atomic E-state index is -0.343. The van der Waals surface area contributed by atoms with Gasteiger partial charge in [0.05, 0.1) is 12.5 Å². The third kappa shape index (κ3) is 4.39. The summed E-state index contributed by atoms with van der Waals surface area (Å²) >= 11 is 3.39. The van der Waals surface area contributed by atoms with Crippen LogP contribution in [0, 0.1) is 5.82 Å². The number of amides is 1. The second-order valence-corrected chi connectivity index (χ2v) is 5.76. The van der Waals surface area contributed by atoms with Crippen molar-refractivity contribution in [2.24, 2.45) is 0 Å². The topological polar surface area (TPSA) is 29.1 Å². The molecule has 1 atom stereocenters. The largest absolute Gasteiger partial charge is 0.349 e. The molecule has 2 nitrogen and oxygen atoms in total. The van der Waals surface area contributed by atoms with Crippen molar-refractivity contribution < 1.29 is 9.18 Å². The van der Waals surface area contributed by atoms with Crippen molar-refractivity contribution in [1.82, 2.24) is 5.32 Å². The summed E-state index contributed by atoms with van der Waals surface area (Å²) < 4.78 is 14.6. The van der Waals surface area contributed by atoms with Crippen molar-refractivity contribution in [2.45, 2.75) is 25.8 Å². The summed E-state index contributed by atoms with van der Waals surface area (Å²) in [5.74, 6) is -0.515. The summed E-state index contributed by atoms with van der Waals surface area (Å²) in [6, 6.07) is 14.1. The van der Waals surface area contributed by atoms with Crippen LogP contribution in [0.5, 0.6) is 0 Å². The molecular formula is C17H17BrFNO. The number of carbonyl (C=O) groups is 1. The zero-order chi connectivity index (χ0) is 15.2. The van der Waals surface area contributed by atoms with Crippen LogP contribution in [0.1, 0.15) is 30.5 Å². The smallest absolute Gasteiger partial charge is 0.225 e. The third-order valence-corrected chi connectivity index (χ3v) is 3.85. The molecule has 0 spiro atoms. The molecule has 0 unspecified atom stereocenters. The molecule has 0 aliphatic carbocycles. The van der Waals surface area contributed by atoms with E-state index < -0.39 is 0 Å². The van der Waals surface area contributed by atoms with Crippen molar-refractivity contribution in [3.63, 3.8) is 0 Å². The quantitative estimate of drug-likeness (QED) is 0.851. The lowest BCUT2D eigenvalue weighted by Crippen LogP contribution is -2.29. The molecule has 0 saturated heterocycles. The molecule has 1 N–H and O–H groups in total. The molecule has 2 aromatic carbocycles. The van der Waals surface area contributed by atoms with Gasteiger partial charge in [0.15, 0.2) is 0 Å². The van der Waals surface area contributed by atoms with E-state index in [2.05, 4.69) is 21.2 Å². The second-order valence-electron chi connectivity index (χ2n) is 4.85. The second kappa shape index (κ2) is 7.36. The Bertz CT molecular complexity index is 612. The normalized spacial score (nSPS) is 12.0. The van der Waals surface area contributed by atoms with Gasteiger partial charge in [0, 0.05) is 4.47 Å². The van der Waals surface area contributed by atoms with Gasteiger partial charge in [0.2, 0.25) is 5.91 Å². The van der Waals surface area contributed by atoms with Crippen LogP contribution in [-0.2, 0) is 11.2 Å². The Kier molecular flexibility index (Phi) is 5.51. The van der Waals surface area contributed by atoms with Crippen LogP contribution in [0.3, 0.4) is 0 Å². The number of carbonyl (C=O) groups excluding carboxylic acids is 1. The number of hydrogen-bond acceptors (Lipinski definition) is 1. The summed E-state index contributed by atoms with van der Waals surface area (Å²) in [6.45, 7) is 2.01. The summed E-state index contributed by atoms with van der Waals surface area (Å²) in [6.07, 6.45) is 0.838. The average Bonchev–Trinajstić information content (AvgIpc) is 2.48. The maximum Gasteiger partial charge on any atom is 0.225 e. The van der Waals surface area contributed by atoms with E-state index in [1.807, 2.05) is 31.2 Å². The monoisotopic (exact) mass is 349 g/mol. The summed E-state index contributed by atoms with van der Waals surface area (Å²) in [5.41, 5.74) is 1.46. The van der Waals surface area contributed by atoms with Crippen LogP contribution in [-0.4, -0.2) is 5.91 Å². The predicted octanol–water partition coefficient (Wildman–Crippen LogP) is 4.40. The first kappa shape index (κ1) is 15.7. The fourth-order valence-corrected chi connectivity index (χ4v) is 2.44. The van der Waals surface area contributed by atoms with E-state index in [1.165, 1.54) is 6.07 Å². The fraction of sp³-hybridized carbons (Fsp3) is 0.235. The van der Waals surface area contributed by atoms with Crippen molar-refractivity contribution in [3.8, 4) is 0 Å². The predicted molar refractivity (Wildman–Crippen MR) is 85.4 cm³/mol. The zero-order valence-electron chi connectivity index (χ0n) is 11.8. The molecule has 0 heterocycles. The molecule has 21 heavy (non-hydrogen) atoms. The lowest BCUT2D eigenvalue weighted by molar-refractivity contribution is -0.121. The molecule has 110 valence electrons. The number of rotatable bonds is 5. The molecule has 2 rings (SSSR count). The van der Waals surface area contributed by atoms with E-state index in [9.17, 15) is 9.18 Å². The molecule has 2 aromatic rings. The Balaban J connectivity index is 2.03. The average molecular weight is 350 g/mol. The van der Waals surface area contributed by atoms with Crippen LogP contribution in [0.15, 0.2) is 53.0 Å². The van der Waals surface area contributed by atoms with Gasteiger partial charge in [-0.1, -0.05) is 53.2 Å². The standard InChI is InChI=1S/C17H17BrFNO/c1-2-16(12-7-9-14(18)10-8-12)20-17(21)11-13-5-3-4-6-15(13)19/h3-10,16H,2,11H2,1H3,(H,20,21)/t16-/m1/s1. The van der Waals surface area contributed by atoms with E-state index in [0.717, 1.165) is 16.5 Å². The van der Waals surface area contributed by atoms with E-state index in [1.54, 1.807) is 18.2 Å². The Labute approximate surface area is 132 Å². The number of hydrogen-bond donors (Lipinski definition) is 1. The molecule has 4 heteroatoms.